The van der Waals surface area contributed by atoms with Gasteiger partial charge in [0, 0.05) is 18.4 Å². The Labute approximate surface area is 170 Å². The fourth-order valence-electron chi connectivity index (χ4n) is 3.95. The van der Waals surface area contributed by atoms with Crippen molar-refractivity contribution in [2.45, 2.75) is 57.9 Å². The van der Waals surface area contributed by atoms with Gasteiger partial charge in [-0.3, -0.25) is 0 Å². The van der Waals surface area contributed by atoms with E-state index in [0.29, 0.717) is 18.4 Å². The van der Waals surface area contributed by atoms with E-state index in [1.54, 1.807) is 6.07 Å². The minimum absolute atomic E-state index is 0.425. The topological polar surface area (TPSA) is 21.7 Å². The Morgan fingerprint density at radius 1 is 0.862 bits per heavy atom. The molecule has 0 aromatic heterocycles. The van der Waals surface area contributed by atoms with Gasteiger partial charge in [0.2, 0.25) is 0 Å². The molecule has 2 aromatic carbocycles. The maximum Gasteiger partial charge on any atom is 0.494 e. The highest BCUT2D eigenvalue weighted by Crippen LogP contribution is 2.39. The Balaban J connectivity index is 1.67. The van der Waals surface area contributed by atoms with Gasteiger partial charge >= 0.3 is 13.3 Å². The van der Waals surface area contributed by atoms with Crippen LogP contribution in [0.5, 0.6) is 0 Å². The zero-order valence-corrected chi connectivity index (χ0v) is 17.4. The van der Waals surface area contributed by atoms with Gasteiger partial charge in [-0.05, 0) is 81.4 Å². The highest BCUT2D eigenvalue weighted by molar-refractivity contribution is 6.62. The molecular weight excluding hydrogens is 378 g/mol. The van der Waals surface area contributed by atoms with Gasteiger partial charge < -0.3 is 14.2 Å². The van der Waals surface area contributed by atoms with Crippen LogP contribution in [0.2, 0.25) is 0 Å². The molecule has 0 aliphatic carbocycles. The number of alkyl halides is 3. The van der Waals surface area contributed by atoms with Crippen molar-refractivity contribution in [3.05, 3.63) is 53.1 Å². The molecule has 2 aromatic rings. The second-order valence-electron chi connectivity index (χ2n) is 8.88. The Morgan fingerprint density at radius 3 is 1.93 bits per heavy atom. The number of hydrogen-bond donors (Lipinski definition) is 0. The first kappa shape index (κ1) is 20.3. The Hall–Kier alpha value is -1.99. The van der Waals surface area contributed by atoms with E-state index in [4.69, 9.17) is 9.31 Å². The van der Waals surface area contributed by atoms with Crippen LogP contribution in [0.25, 0.3) is 0 Å². The van der Waals surface area contributed by atoms with Crippen LogP contribution in [0.3, 0.4) is 0 Å². The number of benzene rings is 2. The van der Waals surface area contributed by atoms with E-state index >= 15 is 0 Å². The van der Waals surface area contributed by atoms with Gasteiger partial charge in [0.1, 0.15) is 0 Å². The molecule has 0 amide bonds. The van der Waals surface area contributed by atoms with Crippen LogP contribution in [-0.4, -0.2) is 25.4 Å². The molecule has 2 aliphatic heterocycles. The standard InChI is InChI=1S/C22H25BF3NO2/c1-20(2)21(3,4)29-23(28-20)17-9-11-19-15(13-17)7-6-14-12-16(22(24,25)26)8-10-18(14)27(19)5/h8-13H,6-7H2,1-5H3. The molecule has 0 spiro atoms. The average Bonchev–Trinajstić information content (AvgIpc) is 2.76. The SMILES string of the molecule is CN1c2ccc(B3OC(C)(C)C(C)(C)O3)cc2CCc2cc(C(F)(F)F)ccc21. The normalized spacial score (nSPS) is 20.3. The lowest BCUT2D eigenvalue weighted by atomic mass is 9.78. The summed E-state index contributed by atoms with van der Waals surface area (Å²) in [6, 6.07) is 10.0. The second kappa shape index (κ2) is 6.51. The van der Waals surface area contributed by atoms with Crippen molar-refractivity contribution in [1.82, 2.24) is 0 Å². The summed E-state index contributed by atoms with van der Waals surface area (Å²) in [5.41, 5.74) is 3.05. The maximum atomic E-state index is 13.1. The molecule has 0 saturated carbocycles. The molecule has 2 aliphatic rings. The zero-order chi connectivity index (χ0) is 21.2. The molecule has 1 saturated heterocycles. The summed E-state index contributed by atoms with van der Waals surface area (Å²) in [6.07, 6.45) is -3.14. The van der Waals surface area contributed by atoms with Crippen molar-refractivity contribution in [2.75, 3.05) is 11.9 Å². The van der Waals surface area contributed by atoms with Crippen molar-refractivity contribution in [1.29, 1.82) is 0 Å². The van der Waals surface area contributed by atoms with Crippen molar-refractivity contribution in [3.8, 4) is 0 Å². The number of nitrogens with zero attached hydrogens (tertiary/aromatic N) is 1. The smallest absolute Gasteiger partial charge is 0.399 e. The van der Waals surface area contributed by atoms with Gasteiger partial charge in [-0.15, -0.1) is 0 Å². The highest BCUT2D eigenvalue weighted by Gasteiger charge is 2.51. The summed E-state index contributed by atoms with van der Waals surface area (Å²) in [4.78, 5) is 1.96. The summed E-state index contributed by atoms with van der Waals surface area (Å²) in [5.74, 6) is 0. The van der Waals surface area contributed by atoms with E-state index in [1.807, 2.05) is 51.8 Å². The predicted octanol–water partition coefficient (Wildman–Crippen LogP) is 4.87. The molecule has 1 fully saturated rings. The number of rotatable bonds is 1. The lowest BCUT2D eigenvalue weighted by Gasteiger charge is -2.32. The van der Waals surface area contributed by atoms with Crippen LogP contribution < -0.4 is 10.4 Å². The molecule has 0 bridgehead atoms. The molecule has 2 heterocycles. The molecular formula is C22H25BF3NO2. The molecule has 4 rings (SSSR count). The number of aryl methyl sites for hydroxylation is 2. The van der Waals surface area contributed by atoms with Gasteiger partial charge in [0.15, 0.2) is 0 Å². The number of hydrogen-bond acceptors (Lipinski definition) is 3. The molecule has 0 atom stereocenters. The van der Waals surface area contributed by atoms with Gasteiger partial charge in [0.05, 0.1) is 16.8 Å². The van der Waals surface area contributed by atoms with Crippen LogP contribution in [-0.2, 0) is 28.3 Å². The van der Waals surface area contributed by atoms with E-state index in [2.05, 4.69) is 6.07 Å². The average molecular weight is 403 g/mol. The summed E-state index contributed by atoms with van der Waals surface area (Å²) in [7, 11) is 1.43. The van der Waals surface area contributed by atoms with Crippen molar-refractivity contribution in [3.63, 3.8) is 0 Å². The van der Waals surface area contributed by atoms with E-state index < -0.39 is 30.1 Å². The first-order valence-electron chi connectivity index (χ1n) is 9.81. The Bertz CT molecular complexity index is 940. The zero-order valence-electron chi connectivity index (χ0n) is 17.4. The quantitative estimate of drug-likeness (QED) is 0.635. The monoisotopic (exact) mass is 403 g/mol. The summed E-state index contributed by atoms with van der Waals surface area (Å²) in [5, 5.41) is 0. The van der Waals surface area contributed by atoms with E-state index in [9.17, 15) is 13.2 Å². The van der Waals surface area contributed by atoms with Gasteiger partial charge in [-0.2, -0.15) is 13.2 Å². The third kappa shape index (κ3) is 3.44. The maximum absolute atomic E-state index is 13.1. The van der Waals surface area contributed by atoms with Crippen molar-refractivity contribution >= 4 is 24.0 Å². The van der Waals surface area contributed by atoms with E-state index in [1.165, 1.54) is 6.07 Å². The third-order valence-electron chi connectivity index (χ3n) is 6.42. The molecule has 154 valence electrons. The fourth-order valence-corrected chi connectivity index (χ4v) is 3.95. The van der Waals surface area contributed by atoms with Gasteiger partial charge in [0.25, 0.3) is 0 Å². The minimum atomic E-state index is -4.34. The lowest BCUT2D eigenvalue weighted by molar-refractivity contribution is -0.137. The summed E-state index contributed by atoms with van der Waals surface area (Å²) < 4.78 is 51.7. The lowest BCUT2D eigenvalue weighted by Crippen LogP contribution is -2.41. The first-order valence-corrected chi connectivity index (χ1v) is 9.81. The van der Waals surface area contributed by atoms with Crippen molar-refractivity contribution < 1.29 is 22.5 Å². The Kier molecular flexibility index (Phi) is 4.55. The molecule has 3 nitrogen and oxygen atoms in total. The predicted molar refractivity (Wildman–Crippen MR) is 109 cm³/mol. The van der Waals surface area contributed by atoms with E-state index in [-0.39, 0.29) is 0 Å². The van der Waals surface area contributed by atoms with Crippen LogP contribution in [0.4, 0.5) is 24.5 Å². The number of fused-ring (bicyclic) bond motifs is 2. The molecule has 7 heteroatoms. The van der Waals surface area contributed by atoms with Gasteiger partial charge in [-0.25, -0.2) is 0 Å². The third-order valence-corrected chi connectivity index (χ3v) is 6.42. The van der Waals surface area contributed by atoms with Gasteiger partial charge in [-0.1, -0.05) is 12.1 Å². The Morgan fingerprint density at radius 2 is 1.38 bits per heavy atom. The number of anilines is 2. The van der Waals surface area contributed by atoms with Crippen LogP contribution >= 0.6 is 0 Å². The molecule has 0 radical (unpaired) electrons. The second-order valence-corrected chi connectivity index (χ2v) is 8.88. The fraction of sp³-hybridized carbons (Fsp3) is 0.455. The summed E-state index contributed by atoms with van der Waals surface area (Å²) in [6.45, 7) is 8.05. The molecule has 29 heavy (non-hydrogen) atoms. The molecule has 0 N–H and O–H groups in total. The summed E-state index contributed by atoms with van der Waals surface area (Å²) >= 11 is 0. The first-order chi connectivity index (χ1) is 13.4. The highest BCUT2D eigenvalue weighted by atomic mass is 19.4. The van der Waals surface area contributed by atoms with Crippen LogP contribution in [0.15, 0.2) is 36.4 Å². The van der Waals surface area contributed by atoms with E-state index in [0.717, 1.165) is 28.5 Å². The minimum Gasteiger partial charge on any atom is -0.399 e. The largest absolute Gasteiger partial charge is 0.494 e. The van der Waals surface area contributed by atoms with Crippen molar-refractivity contribution in [2.24, 2.45) is 0 Å². The van der Waals surface area contributed by atoms with Crippen LogP contribution in [0.1, 0.15) is 44.4 Å². The van der Waals surface area contributed by atoms with Crippen LogP contribution in [0, 0.1) is 0 Å². The molecule has 0 unspecified atom stereocenters. The number of halogens is 3.